The van der Waals surface area contributed by atoms with Crippen LogP contribution in [0.25, 0.3) is 0 Å². The second-order valence-corrected chi connectivity index (χ2v) is 5.93. The molecule has 1 aromatic rings. The lowest BCUT2D eigenvalue weighted by atomic mass is 9.78. The van der Waals surface area contributed by atoms with E-state index in [0.717, 1.165) is 36.0 Å². The summed E-state index contributed by atoms with van der Waals surface area (Å²) in [6.45, 7) is 6.27. The van der Waals surface area contributed by atoms with Crippen molar-refractivity contribution in [3.05, 3.63) is 17.6 Å². The van der Waals surface area contributed by atoms with Crippen LogP contribution in [0.2, 0.25) is 0 Å². The van der Waals surface area contributed by atoms with Crippen molar-refractivity contribution in [1.29, 1.82) is 0 Å². The van der Waals surface area contributed by atoms with E-state index in [0.29, 0.717) is 5.88 Å². The number of anilines is 1. The van der Waals surface area contributed by atoms with Gasteiger partial charge < -0.3 is 5.32 Å². The minimum atomic E-state index is 0.00129. The van der Waals surface area contributed by atoms with Gasteiger partial charge in [0.05, 0.1) is 16.9 Å². The zero-order valence-corrected chi connectivity index (χ0v) is 12.2. The summed E-state index contributed by atoms with van der Waals surface area (Å²) in [5.41, 5.74) is 1.89. The lowest BCUT2D eigenvalue weighted by Gasteiger charge is -2.39. The first-order valence-electron chi connectivity index (χ1n) is 6.69. The van der Waals surface area contributed by atoms with Crippen LogP contribution in [0.3, 0.4) is 0 Å². The third kappa shape index (κ3) is 2.94. The van der Waals surface area contributed by atoms with Gasteiger partial charge in [0, 0.05) is 12.1 Å². The first kappa shape index (κ1) is 13.6. The molecule has 0 atom stereocenters. The fraction of sp³-hybridized carbons (Fsp3) is 0.714. The summed E-state index contributed by atoms with van der Waals surface area (Å²) in [5, 5.41) is 3.57. The van der Waals surface area contributed by atoms with Crippen LogP contribution in [-0.4, -0.2) is 21.4 Å². The lowest BCUT2D eigenvalue weighted by Crippen LogP contribution is -2.44. The van der Waals surface area contributed by atoms with Crippen LogP contribution in [0.4, 0.5) is 5.82 Å². The van der Waals surface area contributed by atoms with Crippen molar-refractivity contribution in [2.45, 2.75) is 52.0 Å². The fourth-order valence-corrected chi connectivity index (χ4v) is 2.85. The van der Waals surface area contributed by atoms with Crippen molar-refractivity contribution in [3.8, 4) is 0 Å². The number of rotatable bonds is 3. The molecule has 0 radical (unpaired) electrons. The minimum absolute atomic E-state index is 0.00129. The van der Waals surface area contributed by atoms with Crippen molar-refractivity contribution in [2.24, 2.45) is 5.92 Å². The number of hydrogen-bond acceptors (Lipinski definition) is 3. The normalized spacial score (nSPS) is 28.1. The van der Waals surface area contributed by atoms with E-state index in [4.69, 9.17) is 11.6 Å². The Morgan fingerprint density at radius 1 is 1.39 bits per heavy atom. The Bertz CT molecular complexity index is 412. The van der Waals surface area contributed by atoms with Crippen LogP contribution < -0.4 is 5.32 Å². The molecule has 1 N–H and O–H groups in total. The van der Waals surface area contributed by atoms with Gasteiger partial charge in [0.2, 0.25) is 0 Å². The molecule has 1 heterocycles. The Hall–Kier alpha value is -0.830. The Morgan fingerprint density at radius 2 is 2.06 bits per heavy atom. The van der Waals surface area contributed by atoms with Gasteiger partial charge in [-0.25, -0.2) is 4.98 Å². The monoisotopic (exact) mass is 267 g/mol. The zero-order valence-electron chi connectivity index (χ0n) is 11.5. The molecular weight excluding hydrogens is 246 g/mol. The molecule has 0 spiro atoms. The highest BCUT2D eigenvalue weighted by Crippen LogP contribution is 2.35. The summed E-state index contributed by atoms with van der Waals surface area (Å²) in [6, 6.07) is 0. The molecule has 1 aliphatic rings. The summed E-state index contributed by atoms with van der Waals surface area (Å²) in [7, 11) is 0. The van der Waals surface area contributed by atoms with Crippen molar-refractivity contribution in [1.82, 2.24) is 9.97 Å². The number of nitrogens with one attached hydrogen (secondary N) is 1. The van der Waals surface area contributed by atoms with Crippen LogP contribution in [0.15, 0.2) is 6.20 Å². The number of halogens is 1. The molecule has 0 aliphatic heterocycles. The van der Waals surface area contributed by atoms with Gasteiger partial charge in [0.15, 0.2) is 0 Å². The number of hydrogen-bond donors (Lipinski definition) is 1. The molecule has 4 heteroatoms. The smallest absolute Gasteiger partial charge is 0.148 e. The third-order valence-corrected chi connectivity index (χ3v) is 4.46. The molecule has 3 nitrogen and oxygen atoms in total. The summed E-state index contributed by atoms with van der Waals surface area (Å²) in [6.07, 6.45) is 6.51. The van der Waals surface area contributed by atoms with Crippen LogP contribution in [0.1, 0.15) is 44.0 Å². The van der Waals surface area contributed by atoms with Crippen LogP contribution in [-0.2, 0) is 0 Å². The van der Waals surface area contributed by atoms with Gasteiger partial charge in [-0.15, -0.1) is 11.6 Å². The van der Waals surface area contributed by atoms with E-state index < -0.39 is 0 Å². The highest BCUT2D eigenvalue weighted by Gasteiger charge is 2.34. The van der Waals surface area contributed by atoms with Gasteiger partial charge in [-0.3, -0.25) is 4.98 Å². The molecule has 100 valence electrons. The topological polar surface area (TPSA) is 37.8 Å². The maximum atomic E-state index is 6.22. The van der Waals surface area contributed by atoms with Gasteiger partial charge in [-0.05, 0) is 45.4 Å². The Morgan fingerprint density at radius 3 is 2.67 bits per heavy atom. The van der Waals surface area contributed by atoms with Gasteiger partial charge in [0.25, 0.3) is 0 Å². The van der Waals surface area contributed by atoms with E-state index in [2.05, 4.69) is 22.2 Å². The molecule has 0 bridgehead atoms. The maximum absolute atomic E-state index is 6.22. The molecule has 1 fully saturated rings. The summed E-state index contributed by atoms with van der Waals surface area (Å²) >= 11 is 6.22. The SMILES string of the molecule is Cc1cnc(C)c(NC2(CCl)CCC(C)CC2)n1. The zero-order chi connectivity index (χ0) is 13.2. The fourth-order valence-electron chi connectivity index (χ4n) is 2.51. The second kappa shape index (κ2) is 5.43. The summed E-state index contributed by atoms with van der Waals surface area (Å²) in [5.74, 6) is 2.34. The number of aromatic nitrogens is 2. The van der Waals surface area contributed by atoms with Crippen LogP contribution >= 0.6 is 11.6 Å². The maximum Gasteiger partial charge on any atom is 0.148 e. The first-order valence-corrected chi connectivity index (χ1v) is 7.22. The predicted octanol–water partition coefficient (Wildman–Crippen LogP) is 3.69. The molecule has 1 aliphatic carbocycles. The van der Waals surface area contributed by atoms with Gasteiger partial charge in [-0.2, -0.15) is 0 Å². The first-order chi connectivity index (χ1) is 8.54. The average molecular weight is 268 g/mol. The van der Waals surface area contributed by atoms with Crippen LogP contribution in [0.5, 0.6) is 0 Å². The Balaban J connectivity index is 2.17. The molecule has 1 saturated carbocycles. The highest BCUT2D eigenvalue weighted by molar-refractivity contribution is 6.18. The Kier molecular flexibility index (Phi) is 4.10. The molecule has 18 heavy (non-hydrogen) atoms. The number of alkyl halides is 1. The second-order valence-electron chi connectivity index (χ2n) is 5.67. The number of aryl methyl sites for hydroxylation is 2. The quantitative estimate of drug-likeness (QED) is 0.849. The highest BCUT2D eigenvalue weighted by atomic mass is 35.5. The molecule has 0 saturated heterocycles. The van der Waals surface area contributed by atoms with Crippen molar-refractivity contribution in [3.63, 3.8) is 0 Å². The predicted molar refractivity (Wildman–Crippen MR) is 76.2 cm³/mol. The lowest BCUT2D eigenvalue weighted by molar-refractivity contribution is 0.286. The molecular formula is C14H22ClN3. The van der Waals surface area contributed by atoms with E-state index in [1.807, 2.05) is 13.8 Å². The van der Waals surface area contributed by atoms with E-state index in [1.165, 1.54) is 12.8 Å². The van der Waals surface area contributed by atoms with Gasteiger partial charge in [0.1, 0.15) is 5.82 Å². The summed E-state index contributed by atoms with van der Waals surface area (Å²) in [4.78, 5) is 8.90. The summed E-state index contributed by atoms with van der Waals surface area (Å²) < 4.78 is 0. The van der Waals surface area contributed by atoms with E-state index in [1.54, 1.807) is 6.20 Å². The minimum Gasteiger partial charge on any atom is -0.362 e. The van der Waals surface area contributed by atoms with E-state index >= 15 is 0 Å². The van der Waals surface area contributed by atoms with E-state index in [9.17, 15) is 0 Å². The van der Waals surface area contributed by atoms with Crippen molar-refractivity contribution < 1.29 is 0 Å². The molecule has 0 amide bonds. The number of nitrogens with zero attached hydrogens (tertiary/aromatic N) is 2. The van der Waals surface area contributed by atoms with E-state index in [-0.39, 0.29) is 5.54 Å². The van der Waals surface area contributed by atoms with Crippen molar-refractivity contribution >= 4 is 17.4 Å². The third-order valence-electron chi connectivity index (χ3n) is 3.95. The molecule has 0 aromatic carbocycles. The Labute approximate surface area is 114 Å². The molecule has 0 unspecified atom stereocenters. The largest absolute Gasteiger partial charge is 0.362 e. The molecule has 2 rings (SSSR count). The van der Waals surface area contributed by atoms with Crippen molar-refractivity contribution in [2.75, 3.05) is 11.2 Å². The standard InChI is InChI=1S/C14H22ClN3/c1-10-4-6-14(9-15,7-5-10)18-13-12(3)16-8-11(2)17-13/h8,10H,4-7,9H2,1-3H3,(H,17,18). The molecule has 1 aromatic heterocycles. The van der Waals surface area contributed by atoms with Gasteiger partial charge >= 0.3 is 0 Å². The average Bonchev–Trinajstić information content (AvgIpc) is 2.37. The van der Waals surface area contributed by atoms with Gasteiger partial charge in [-0.1, -0.05) is 6.92 Å². The van der Waals surface area contributed by atoms with Crippen LogP contribution in [0, 0.1) is 19.8 Å².